The molecule has 0 spiro atoms. The highest BCUT2D eigenvalue weighted by Crippen LogP contribution is 2.21. The molecule has 1 amide bonds. The summed E-state index contributed by atoms with van der Waals surface area (Å²) in [6.07, 6.45) is 7.74. The minimum atomic E-state index is -0.251. The van der Waals surface area contributed by atoms with Crippen LogP contribution in [-0.4, -0.2) is 50.2 Å². The Morgan fingerprint density at radius 3 is 2.56 bits per heavy atom. The Hall–Kier alpha value is -2.93. The van der Waals surface area contributed by atoms with E-state index in [1.54, 1.807) is 23.5 Å². The minimum absolute atomic E-state index is 0.251. The first-order chi connectivity index (χ1) is 13.2. The Balaban J connectivity index is 1.48. The lowest BCUT2D eigenvalue weighted by Crippen LogP contribution is -2.39. The van der Waals surface area contributed by atoms with E-state index in [1.165, 1.54) is 0 Å². The molecule has 2 aromatic heterocycles. The molecule has 0 atom stereocenters. The van der Waals surface area contributed by atoms with Gasteiger partial charge in [-0.1, -0.05) is 11.6 Å². The van der Waals surface area contributed by atoms with Crippen molar-refractivity contribution >= 4 is 17.7 Å². The third-order valence-corrected chi connectivity index (χ3v) is 4.65. The number of carbonyl (C=O) groups excluding carboxylic acids is 1. The molecule has 0 aliphatic carbocycles. The molecule has 3 aromatic rings. The van der Waals surface area contributed by atoms with Gasteiger partial charge < -0.3 is 14.2 Å². The van der Waals surface area contributed by atoms with Crippen LogP contribution in [-0.2, 0) is 11.3 Å². The number of imidazole rings is 1. The van der Waals surface area contributed by atoms with Gasteiger partial charge in [0.25, 0.3) is 0 Å². The number of carbonyl (C=O) groups is 1. The maximum absolute atomic E-state index is 11.8. The molecule has 7 nitrogen and oxygen atoms in total. The predicted octanol–water partition coefficient (Wildman–Crippen LogP) is 3.50. The summed E-state index contributed by atoms with van der Waals surface area (Å²) in [5.74, 6) is 1.40. The zero-order valence-corrected chi connectivity index (χ0v) is 15.3. The molecule has 1 fully saturated rings. The fraction of sp³-hybridized carbons (Fsp3) is 0.263. The van der Waals surface area contributed by atoms with Crippen LogP contribution in [0.5, 0.6) is 0 Å². The average Bonchev–Trinajstić information content (AvgIpc) is 3.17. The molecule has 4 rings (SSSR count). The van der Waals surface area contributed by atoms with Crippen LogP contribution in [0.15, 0.2) is 49.1 Å². The van der Waals surface area contributed by atoms with Crippen molar-refractivity contribution < 1.29 is 9.53 Å². The molecule has 27 heavy (non-hydrogen) atoms. The number of benzene rings is 1. The van der Waals surface area contributed by atoms with Crippen molar-refractivity contribution in [3.8, 4) is 22.8 Å². The molecule has 0 unspecified atom stereocenters. The number of aromatic nitrogens is 4. The number of rotatable bonds is 5. The monoisotopic (exact) mass is 383 g/mol. The molecular weight excluding hydrogens is 366 g/mol. The molecule has 0 radical (unpaired) electrons. The van der Waals surface area contributed by atoms with E-state index >= 15 is 0 Å². The third kappa shape index (κ3) is 3.93. The standard InChI is InChI=1S/C19H18ClN5O2/c20-16-4-2-14(3-5-16)17-22-12-15(13-23-17)18-21-6-8-24(18)9-10-25-7-1-11-27-19(25)26/h2-6,8,12-13H,1,7,9-11H2. The first kappa shape index (κ1) is 17.5. The summed E-state index contributed by atoms with van der Waals surface area (Å²) < 4.78 is 7.06. The van der Waals surface area contributed by atoms with Crippen LogP contribution < -0.4 is 0 Å². The summed E-state index contributed by atoms with van der Waals surface area (Å²) in [6.45, 7) is 2.43. The molecule has 0 N–H and O–H groups in total. The van der Waals surface area contributed by atoms with Crippen molar-refractivity contribution in [1.29, 1.82) is 0 Å². The van der Waals surface area contributed by atoms with Crippen molar-refractivity contribution in [1.82, 2.24) is 24.4 Å². The second kappa shape index (κ2) is 7.75. The molecular formula is C19H18ClN5O2. The quantitative estimate of drug-likeness (QED) is 0.674. The van der Waals surface area contributed by atoms with Crippen LogP contribution in [0, 0.1) is 0 Å². The van der Waals surface area contributed by atoms with Gasteiger partial charge in [-0.2, -0.15) is 0 Å². The highest BCUT2D eigenvalue weighted by atomic mass is 35.5. The van der Waals surface area contributed by atoms with Gasteiger partial charge in [-0.3, -0.25) is 0 Å². The molecule has 3 heterocycles. The van der Waals surface area contributed by atoms with Crippen molar-refractivity contribution in [2.24, 2.45) is 0 Å². The Labute approximate surface area is 161 Å². The van der Waals surface area contributed by atoms with Crippen molar-refractivity contribution in [2.75, 3.05) is 19.7 Å². The van der Waals surface area contributed by atoms with Gasteiger partial charge in [-0.25, -0.2) is 19.7 Å². The number of hydrogen-bond donors (Lipinski definition) is 0. The van der Waals surface area contributed by atoms with Gasteiger partial charge in [0.1, 0.15) is 5.82 Å². The van der Waals surface area contributed by atoms with E-state index in [-0.39, 0.29) is 6.09 Å². The van der Waals surface area contributed by atoms with Crippen LogP contribution in [0.4, 0.5) is 4.79 Å². The van der Waals surface area contributed by atoms with E-state index in [2.05, 4.69) is 15.0 Å². The average molecular weight is 384 g/mol. The first-order valence-electron chi connectivity index (χ1n) is 8.72. The van der Waals surface area contributed by atoms with Gasteiger partial charge in [0, 0.05) is 55.0 Å². The zero-order chi connectivity index (χ0) is 18.6. The predicted molar refractivity (Wildman–Crippen MR) is 101 cm³/mol. The summed E-state index contributed by atoms with van der Waals surface area (Å²) in [5, 5.41) is 0.676. The van der Waals surface area contributed by atoms with Crippen LogP contribution in [0.1, 0.15) is 6.42 Å². The minimum Gasteiger partial charge on any atom is -0.449 e. The van der Waals surface area contributed by atoms with Crippen molar-refractivity contribution in [3.05, 3.63) is 54.1 Å². The number of nitrogens with zero attached hydrogens (tertiary/aromatic N) is 5. The summed E-state index contributed by atoms with van der Waals surface area (Å²) >= 11 is 5.92. The van der Waals surface area contributed by atoms with Gasteiger partial charge >= 0.3 is 6.09 Å². The van der Waals surface area contributed by atoms with Crippen LogP contribution >= 0.6 is 11.6 Å². The molecule has 8 heteroatoms. The van der Waals surface area contributed by atoms with E-state index < -0.39 is 0 Å². The maximum atomic E-state index is 11.8. The second-order valence-electron chi connectivity index (χ2n) is 6.20. The normalized spacial score (nSPS) is 14.3. The van der Waals surface area contributed by atoms with Gasteiger partial charge in [0.2, 0.25) is 0 Å². The highest BCUT2D eigenvalue weighted by Gasteiger charge is 2.19. The van der Waals surface area contributed by atoms with Crippen LogP contribution in [0.3, 0.4) is 0 Å². The second-order valence-corrected chi connectivity index (χ2v) is 6.64. The Bertz CT molecular complexity index is 924. The summed E-state index contributed by atoms with van der Waals surface area (Å²) in [6, 6.07) is 7.39. The van der Waals surface area contributed by atoms with Crippen molar-refractivity contribution in [3.63, 3.8) is 0 Å². The van der Waals surface area contributed by atoms with Crippen LogP contribution in [0.25, 0.3) is 22.8 Å². The fourth-order valence-corrected chi connectivity index (χ4v) is 3.10. The molecule has 1 saturated heterocycles. The zero-order valence-electron chi connectivity index (χ0n) is 14.6. The van der Waals surface area contributed by atoms with Crippen LogP contribution in [0.2, 0.25) is 5.02 Å². The van der Waals surface area contributed by atoms with Gasteiger partial charge in [-0.15, -0.1) is 0 Å². The Morgan fingerprint density at radius 2 is 1.81 bits per heavy atom. The van der Waals surface area contributed by atoms with Gasteiger partial charge in [0.15, 0.2) is 5.82 Å². The number of halogens is 1. The summed E-state index contributed by atoms with van der Waals surface area (Å²) in [5.41, 5.74) is 1.72. The molecule has 1 aliphatic heterocycles. The fourth-order valence-electron chi connectivity index (χ4n) is 2.97. The lowest BCUT2D eigenvalue weighted by Gasteiger charge is -2.26. The molecule has 0 saturated carbocycles. The molecule has 138 valence electrons. The lowest BCUT2D eigenvalue weighted by atomic mass is 10.2. The van der Waals surface area contributed by atoms with E-state index in [1.807, 2.05) is 35.0 Å². The smallest absolute Gasteiger partial charge is 0.409 e. The largest absolute Gasteiger partial charge is 0.449 e. The van der Waals surface area contributed by atoms with E-state index in [4.69, 9.17) is 16.3 Å². The van der Waals surface area contributed by atoms with E-state index in [0.717, 1.165) is 29.9 Å². The number of cyclic esters (lactones) is 1. The highest BCUT2D eigenvalue weighted by molar-refractivity contribution is 6.30. The summed E-state index contributed by atoms with van der Waals surface area (Å²) in [7, 11) is 0. The molecule has 1 aliphatic rings. The lowest BCUT2D eigenvalue weighted by molar-refractivity contribution is 0.0716. The van der Waals surface area contributed by atoms with Gasteiger partial charge in [0.05, 0.1) is 12.2 Å². The summed E-state index contributed by atoms with van der Waals surface area (Å²) in [4.78, 5) is 26.8. The number of amides is 1. The van der Waals surface area contributed by atoms with Crippen molar-refractivity contribution in [2.45, 2.75) is 13.0 Å². The first-order valence-corrected chi connectivity index (χ1v) is 9.10. The van der Waals surface area contributed by atoms with E-state index in [0.29, 0.717) is 30.5 Å². The SMILES string of the molecule is O=C1OCCCN1CCn1ccnc1-c1cnc(-c2ccc(Cl)cc2)nc1. The third-order valence-electron chi connectivity index (χ3n) is 4.39. The Kier molecular flexibility index (Phi) is 5.02. The number of ether oxygens (including phenoxy) is 1. The topological polar surface area (TPSA) is 73.1 Å². The number of hydrogen-bond acceptors (Lipinski definition) is 5. The molecule has 1 aromatic carbocycles. The van der Waals surface area contributed by atoms with E-state index in [9.17, 15) is 4.79 Å². The Morgan fingerprint density at radius 1 is 1.04 bits per heavy atom. The maximum Gasteiger partial charge on any atom is 0.409 e. The van der Waals surface area contributed by atoms with Gasteiger partial charge in [-0.05, 0) is 30.7 Å². The molecule has 0 bridgehead atoms.